The van der Waals surface area contributed by atoms with Crippen molar-refractivity contribution in [3.8, 4) is 0 Å². The highest BCUT2D eigenvalue weighted by Gasteiger charge is 2.08. The highest BCUT2D eigenvalue weighted by molar-refractivity contribution is 7.09. The zero-order valence-electron chi connectivity index (χ0n) is 10.3. The SMILES string of the molecule is CN(CCc1cccs1)c1ncc(CN)cc1Cl. The first-order chi connectivity index (χ1) is 8.70. The molecule has 2 rings (SSSR count). The fraction of sp³-hybridized carbons (Fsp3) is 0.308. The number of nitrogens with zero attached hydrogens (tertiary/aromatic N) is 2. The minimum atomic E-state index is 0.464. The average molecular weight is 282 g/mol. The van der Waals surface area contributed by atoms with Crippen LogP contribution >= 0.6 is 22.9 Å². The van der Waals surface area contributed by atoms with E-state index in [0.717, 1.165) is 24.3 Å². The molecular formula is C13H16ClN3S. The quantitative estimate of drug-likeness (QED) is 0.916. The molecule has 0 amide bonds. The van der Waals surface area contributed by atoms with Gasteiger partial charge >= 0.3 is 0 Å². The molecular weight excluding hydrogens is 266 g/mol. The molecule has 0 aliphatic heterocycles. The Morgan fingerprint density at radius 1 is 1.50 bits per heavy atom. The van der Waals surface area contributed by atoms with E-state index in [-0.39, 0.29) is 0 Å². The van der Waals surface area contributed by atoms with Crippen molar-refractivity contribution in [2.45, 2.75) is 13.0 Å². The maximum atomic E-state index is 6.21. The van der Waals surface area contributed by atoms with Gasteiger partial charge in [-0.15, -0.1) is 11.3 Å². The van der Waals surface area contributed by atoms with E-state index in [1.54, 1.807) is 17.5 Å². The van der Waals surface area contributed by atoms with E-state index in [1.165, 1.54) is 4.88 Å². The summed E-state index contributed by atoms with van der Waals surface area (Å²) in [6, 6.07) is 6.10. The lowest BCUT2D eigenvalue weighted by Gasteiger charge is -2.19. The third-order valence-electron chi connectivity index (χ3n) is 2.75. The zero-order valence-corrected chi connectivity index (χ0v) is 11.8. The van der Waals surface area contributed by atoms with E-state index < -0.39 is 0 Å². The lowest BCUT2D eigenvalue weighted by Crippen LogP contribution is -2.21. The molecule has 0 spiro atoms. The Hall–Kier alpha value is -1.10. The summed E-state index contributed by atoms with van der Waals surface area (Å²) in [6.07, 6.45) is 2.79. The van der Waals surface area contributed by atoms with Gasteiger partial charge in [0.25, 0.3) is 0 Å². The monoisotopic (exact) mass is 281 g/mol. The van der Waals surface area contributed by atoms with Gasteiger partial charge in [-0.1, -0.05) is 17.7 Å². The van der Waals surface area contributed by atoms with Crippen LogP contribution in [0.25, 0.3) is 0 Å². The molecule has 18 heavy (non-hydrogen) atoms. The minimum Gasteiger partial charge on any atom is -0.358 e. The second kappa shape index (κ2) is 6.18. The van der Waals surface area contributed by atoms with Crippen molar-refractivity contribution in [2.75, 3.05) is 18.5 Å². The Morgan fingerprint density at radius 3 is 2.94 bits per heavy atom. The van der Waals surface area contributed by atoms with Gasteiger partial charge in [-0.25, -0.2) is 4.98 Å². The molecule has 2 aromatic rings. The lowest BCUT2D eigenvalue weighted by atomic mass is 10.2. The Kier molecular flexibility index (Phi) is 4.58. The number of thiophene rings is 1. The molecule has 0 saturated heterocycles. The second-order valence-electron chi connectivity index (χ2n) is 4.10. The van der Waals surface area contributed by atoms with E-state index in [0.29, 0.717) is 11.6 Å². The normalized spacial score (nSPS) is 10.6. The molecule has 5 heteroatoms. The second-order valence-corrected chi connectivity index (χ2v) is 5.54. The van der Waals surface area contributed by atoms with Gasteiger partial charge in [-0.2, -0.15) is 0 Å². The van der Waals surface area contributed by atoms with E-state index in [9.17, 15) is 0 Å². The molecule has 0 bridgehead atoms. The number of aromatic nitrogens is 1. The van der Waals surface area contributed by atoms with Crippen LogP contribution in [0.3, 0.4) is 0 Å². The Bertz CT molecular complexity index is 499. The van der Waals surface area contributed by atoms with Crippen LogP contribution < -0.4 is 10.6 Å². The molecule has 0 atom stereocenters. The maximum absolute atomic E-state index is 6.21. The number of pyridine rings is 1. The predicted molar refractivity (Wildman–Crippen MR) is 78.4 cm³/mol. The van der Waals surface area contributed by atoms with Crippen LogP contribution in [-0.2, 0) is 13.0 Å². The standard InChI is InChI=1S/C13H16ClN3S/c1-17(5-4-11-3-2-6-18-11)13-12(14)7-10(8-15)9-16-13/h2-3,6-7,9H,4-5,8,15H2,1H3. The first-order valence-electron chi connectivity index (χ1n) is 5.78. The summed E-state index contributed by atoms with van der Waals surface area (Å²) in [5.41, 5.74) is 6.51. The van der Waals surface area contributed by atoms with Crippen LogP contribution in [0, 0.1) is 0 Å². The number of nitrogens with two attached hydrogens (primary N) is 1. The maximum Gasteiger partial charge on any atom is 0.147 e. The summed E-state index contributed by atoms with van der Waals surface area (Å²) in [5.74, 6) is 0.811. The van der Waals surface area contributed by atoms with Crippen molar-refractivity contribution in [1.82, 2.24) is 4.98 Å². The molecule has 96 valence electrons. The van der Waals surface area contributed by atoms with Gasteiger partial charge in [0.2, 0.25) is 0 Å². The Morgan fingerprint density at radius 2 is 2.33 bits per heavy atom. The van der Waals surface area contributed by atoms with Crippen LogP contribution in [0.1, 0.15) is 10.4 Å². The third-order valence-corrected chi connectivity index (χ3v) is 3.96. The summed E-state index contributed by atoms with van der Waals surface area (Å²) in [4.78, 5) is 7.81. The van der Waals surface area contributed by atoms with E-state index in [2.05, 4.69) is 27.4 Å². The Labute approximate surface area is 116 Å². The van der Waals surface area contributed by atoms with Gasteiger partial charge in [0.1, 0.15) is 5.82 Å². The molecule has 0 radical (unpaired) electrons. The number of anilines is 1. The molecule has 2 aromatic heterocycles. The van der Waals surface area contributed by atoms with E-state index in [1.807, 2.05) is 13.1 Å². The van der Waals surface area contributed by atoms with Gasteiger partial charge in [-0.3, -0.25) is 0 Å². The molecule has 0 fully saturated rings. The number of hydrogen-bond acceptors (Lipinski definition) is 4. The van der Waals surface area contributed by atoms with Crippen LogP contribution in [0.2, 0.25) is 5.02 Å². The molecule has 2 N–H and O–H groups in total. The van der Waals surface area contributed by atoms with Crippen molar-refractivity contribution < 1.29 is 0 Å². The van der Waals surface area contributed by atoms with Crippen molar-refractivity contribution in [2.24, 2.45) is 5.73 Å². The molecule has 0 saturated carbocycles. The third kappa shape index (κ3) is 3.22. The smallest absolute Gasteiger partial charge is 0.147 e. The predicted octanol–water partition coefficient (Wildman–Crippen LogP) is 2.93. The number of halogens is 1. The molecule has 3 nitrogen and oxygen atoms in total. The molecule has 0 aliphatic rings. The fourth-order valence-corrected chi connectivity index (χ4v) is 2.73. The summed E-state index contributed by atoms with van der Waals surface area (Å²) < 4.78 is 0. The van der Waals surface area contributed by atoms with Crippen molar-refractivity contribution in [3.05, 3.63) is 45.2 Å². The minimum absolute atomic E-state index is 0.464. The van der Waals surface area contributed by atoms with E-state index >= 15 is 0 Å². The first kappa shape index (κ1) is 13.3. The van der Waals surface area contributed by atoms with E-state index in [4.69, 9.17) is 17.3 Å². The molecule has 0 aromatic carbocycles. The molecule has 2 heterocycles. The van der Waals surface area contributed by atoms with Gasteiger partial charge in [0.05, 0.1) is 5.02 Å². The lowest BCUT2D eigenvalue weighted by molar-refractivity contribution is 0.866. The van der Waals surface area contributed by atoms with Crippen molar-refractivity contribution >= 4 is 28.8 Å². The highest BCUT2D eigenvalue weighted by atomic mass is 35.5. The van der Waals surface area contributed by atoms with Gasteiger partial charge < -0.3 is 10.6 Å². The van der Waals surface area contributed by atoms with Gasteiger partial charge in [0.15, 0.2) is 0 Å². The number of hydrogen-bond donors (Lipinski definition) is 1. The van der Waals surface area contributed by atoms with Crippen LogP contribution in [0.15, 0.2) is 29.8 Å². The van der Waals surface area contributed by atoms with Gasteiger partial charge in [-0.05, 0) is 29.5 Å². The van der Waals surface area contributed by atoms with Crippen molar-refractivity contribution in [3.63, 3.8) is 0 Å². The van der Waals surface area contributed by atoms with Crippen LogP contribution in [0.4, 0.5) is 5.82 Å². The zero-order chi connectivity index (χ0) is 13.0. The van der Waals surface area contributed by atoms with Crippen LogP contribution in [-0.4, -0.2) is 18.6 Å². The van der Waals surface area contributed by atoms with Crippen LogP contribution in [0.5, 0.6) is 0 Å². The van der Waals surface area contributed by atoms with Gasteiger partial charge in [0, 0.05) is 31.2 Å². The molecule has 0 unspecified atom stereocenters. The average Bonchev–Trinajstić information content (AvgIpc) is 2.88. The number of rotatable bonds is 5. The summed E-state index contributed by atoms with van der Waals surface area (Å²) in [6.45, 7) is 1.36. The fourth-order valence-electron chi connectivity index (χ4n) is 1.70. The first-order valence-corrected chi connectivity index (χ1v) is 7.04. The summed E-state index contributed by atoms with van der Waals surface area (Å²) >= 11 is 7.98. The summed E-state index contributed by atoms with van der Waals surface area (Å²) in [7, 11) is 2.00. The largest absolute Gasteiger partial charge is 0.358 e. The van der Waals surface area contributed by atoms with Crippen molar-refractivity contribution in [1.29, 1.82) is 0 Å². The highest BCUT2D eigenvalue weighted by Crippen LogP contribution is 2.23. The number of likely N-dealkylation sites (N-methyl/N-ethyl adjacent to an activating group) is 1. The summed E-state index contributed by atoms with van der Waals surface area (Å²) in [5, 5.41) is 2.75. The molecule has 0 aliphatic carbocycles. The Balaban J connectivity index is 2.02. The topological polar surface area (TPSA) is 42.2 Å².